The molecule has 0 fully saturated rings. The van der Waals surface area contributed by atoms with Crippen LogP contribution >= 0.6 is 0 Å². The van der Waals surface area contributed by atoms with Crippen LogP contribution in [0.5, 0.6) is 11.5 Å². The number of aryl methyl sites for hydroxylation is 2. The third-order valence-corrected chi connectivity index (χ3v) is 5.46. The molecule has 34 heavy (non-hydrogen) atoms. The van der Waals surface area contributed by atoms with Gasteiger partial charge in [0.2, 0.25) is 0 Å². The van der Waals surface area contributed by atoms with Crippen molar-refractivity contribution < 1.29 is 14.3 Å². The van der Waals surface area contributed by atoms with Gasteiger partial charge in [-0.05, 0) is 85.5 Å². The van der Waals surface area contributed by atoms with Crippen LogP contribution in [0.4, 0.5) is 5.69 Å². The first kappa shape index (κ1) is 23.1. The number of anilines is 1. The van der Waals surface area contributed by atoms with Gasteiger partial charge in [0.15, 0.2) is 0 Å². The van der Waals surface area contributed by atoms with Crippen LogP contribution in [0.1, 0.15) is 34.0 Å². The lowest BCUT2D eigenvalue weighted by atomic mass is 10.1. The molecule has 0 spiro atoms. The van der Waals surface area contributed by atoms with Gasteiger partial charge >= 0.3 is 0 Å². The van der Waals surface area contributed by atoms with E-state index in [1.165, 1.54) is 0 Å². The van der Waals surface area contributed by atoms with Gasteiger partial charge in [0.1, 0.15) is 18.1 Å². The molecule has 1 N–H and O–H groups in total. The summed E-state index contributed by atoms with van der Waals surface area (Å²) in [6, 6.07) is 29.7. The van der Waals surface area contributed by atoms with E-state index < -0.39 is 0 Å². The molecule has 0 aliphatic carbocycles. The minimum atomic E-state index is -0.165. The first-order valence-corrected chi connectivity index (χ1v) is 11.5. The number of hydrogen-bond donors (Lipinski definition) is 1. The zero-order valence-corrected chi connectivity index (χ0v) is 19.8. The molecule has 0 atom stereocenters. The van der Waals surface area contributed by atoms with Crippen LogP contribution in [0.2, 0.25) is 0 Å². The van der Waals surface area contributed by atoms with E-state index in [9.17, 15) is 4.79 Å². The van der Waals surface area contributed by atoms with Gasteiger partial charge in [-0.3, -0.25) is 4.79 Å². The molecule has 0 aliphatic heterocycles. The van der Waals surface area contributed by atoms with Crippen molar-refractivity contribution in [3.63, 3.8) is 0 Å². The Morgan fingerprint density at radius 3 is 2.12 bits per heavy atom. The van der Waals surface area contributed by atoms with Crippen molar-refractivity contribution in [3.05, 3.63) is 113 Å². The number of rotatable bonds is 8. The molecule has 0 saturated carbocycles. The highest BCUT2D eigenvalue weighted by atomic mass is 16.5. The highest BCUT2D eigenvalue weighted by Gasteiger charge is 2.12. The van der Waals surface area contributed by atoms with Crippen LogP contribution in [0.3, 0.4) is 0 Å². The molecule has 4 aromatic carbocycles. The SMILES string of the molecule is CCOc1ccc(C(=O)Nc2cc(C)cc(C)c2)cc1COc1ccc(-c2ccccc2)cc1. The molecule has 0 unspecified atom stereocenters. The monoisotopic (exact) mass is 451 g/mol. The molecule has 0 radical (unpaired) electrons. The number of carbonyl (C=O) groups is 1. The van der Waals surface area contributed by atoms with Crippen molar-refractivity contribution in [1.82, 2.24) is 0 Å². The summed E-state index contributed by atoms with van der Waals surface area (Å²) in [6.45, 7) is 6.80. The topological polar surface area (TPSA) is 47.6 Å². The number of carbonyl (C=O) groups excluding carboxylic acids is 1. The summed E-state index contributed by atoms with van der Waals surface area (Å²) in [4.78, 5) is 12.9. The Balaban J connectivity index is 1.49. The van der Waals surface area contributed by atoms with Crippen LogP contribution in [-0.2, 0) is 6.61 Å². The van der Waals surface area contributed by atoms with Crippen LogP contribution in [0.15, 0.2) is 91.0 Å². The summed E-state index contributed by atoms with van der Waals surface area (Å²) in [7, 11) is 0. The number of ether oxygens (including phenoxy) is 2. The number of amides is 1. The van der Waals surface area contributed by atoms with Gasteiger partial charge in [0, 0.05) is 16.8 Å². The third-order valence-electron chi connectivity index (χ3n) is 5.46. The molecule has 0 aliphatic rings. The smallest absolute Gasteiger partial charge is 0.255 e. The highest BCUT2D eigenvalue weighted by molar-refractivity contribution is 6.04. The van der Waals surface area contributed by atoms with Crippen molar-refractivity contribution >= 4 is 11.6 Å². The van der Waals surface area contributed by atoms with E-state index in [0.29, 0.717) is 24.5 Å². The number of benzene rings is 4. The predicted octanol–water partition coefficient (Wildman–Crippen LogP) is 7.20. The van der Waals surface area contributed by atoms with E-state index in [0.717, 1.165) is 39.3 Å². The van der Waals surface area contributed by atoms with Gasteiger partial charge in [-0.1, -0.05) is 48.5 Å². The Hall–Kier alpha value is -4.05. The maximum Gasteiger partial charge on any atom is 0.255 e. The number of nitrogens with one attached hydrogen (secondary N) is 1. The van der Waals surface area contributed by atoms with Gasteiger partial charge in [0.25, 0.3) is 5.91 Å². The Morgan fingerprint density at radius 2 is 1.44 bits per heavy atom. The first-order chi connectivity index (χ1) is 16.5. The summed E-state index contributed by atoms with van der Waals surface area (Å²) in [5.41, 5.74) is 6.67. The summed E-state index contributed by atoms with van der Waals surface area (Å²) in [6.07, 6.45) is 0. The highest BCUT2D eigenvalue weighted by Crippen LogP contribution is 2.26. The van der Waals surface area contributed by atoms with E-state index in [1.807, 2.05) is 87.5 Å². The van der Waals surface area contributed by atoms with E-state index in [2.05, 4.69) is 23.5 Å². The summed E-state index contributed by atoms with van der Waals surface area (Å²) in [5.74, 6) is 1.31. The third kappa shape index (κ3) is 5.84. The summed E-state index contributed by atoms with van der Waals surface area (Å²) < 4.78 is 11.8. The standard InChI is InChI=1S/C30H29NO3/c1-4-33-29-15-12-25(30(32)31-27-17-21(2)16-22(3)18-27)19-26(29)20-34-28-13-10-24(11-14-28)23-8-6-5-7-9-23/h5-19H,4,20H2,1-3H3,(H,31,32). The van der Waals surface area contributed by atoms with Gasteiger partial charge < -0.3 is 14.8 Å². The lowest BCUT2D eigenvalue weighted by molar-refractivity contribution is 0.102. The second-order valence-corrected chi connectivity index (χ2v) is 8.27. The summed E-state index contributed by atoms with van der Waals surface area (Å²) in [5, 5.41) is 2.99. The van der Waals surface area contributed by atoms with Crippen molar-refractivity contribution in [2.24, 2.45) is 0 Å². The maximum absolute atomic E-state index is 12.9. The minimum absolute atomic E-state index is 0.165. The Kier molecular flexibility index (Phi) is 7.28. The Bertz CT molecular complexity index is 1240. The average Bonchev–Trinajstić information content (AvgIpc) is 2.84. The molecule has 0 saturated heterocycles. The first-order valence-electron chi connectivity index (χ1n) is 11.5. The molecule has 4 aromatic rings. The van der Waals surface area contributed by atoms with Crippen LogP contribution < -0.4 is 14.8 Å². The molecule has 172 valence electrons. The Morgan fingerprint density at radius 1 is 0.765 bits per heavy atom. The molecular formula is C30H29NO3. The summed E-state index contributed by atoms with van der Waals surface area (Å²) >= 11 is 0. The molecule has 4 rings (SSSR count). The number of hydrogen-bond acceptors (Lipinski definition) is 3. The molecular weight excluding hydrogens is 422 g/mol. The molecule has 0 bridgehead atoms. The second kappa shape index (κ2) is 10.7. The fourth-order valence-corrected chi connectivity index (χ4v) is 3.92. The molecule has 0 aromatic heterocycles. The van der Waals surface area contributed by atoms with E-state index in [-0.39, 0.29) is 5.91 Å². The van der Waals surface area contributed by atoms with Gasteiger partial charge in [0.05, 0.1) is 6.61 Å². The van der Waals surface area contributed by atoms with Crippen LogP contribution in [-0.4, -0.2) is 12.5 Å². The van der Waals surface area contributed by atoms with Crippen molar-refractivity contribution in [2.45, 2.75) is 27.4 Å². The molecule has 4 nitrogen and oxygen atoms in total. The van der Waals surface area contributed by atoms with E-state index >= 15 is 0 Å². The quantitative estimate of drug-likeness (QED) is 0.308. The molecule has 0 heterocycles. The zero-order valence-electron chi connectivity index (χ0n) is 19.8. The average molecular weight is 452 g/mol. The molecule has 1 amide bonds. The predicted molar refractivity (Wildman–Crippen MR) is 138 cm³/mol. The van der Waals surface area contributed by atoms with Crippen molar-refractivity contribution in [2.75, 3.05) is 11.9 Å². The van der Waals surface area contributed by atoms with E-state index in [4.69, 9.17) is 9.47 Å². The minimum Gasteiger partial charge on any atom is -0.493 e. The van der Waals surface area contributed by atoms with Gasteiger partial charge in [-0.15, -0.1) is 0 Å². The van der Waals surface area contributed by atoms with Crippen molar-refractivity contribution in [1.29, 1.82) is 0 Å². The van der Waals surface area contributed by atoms with Gasteiger partial charge in [-0.25, -0.2) is 0 Å². The maximum atomic E-state index is 12.9. The lowest BCUT2D eigenvalue weighted by Gasteiger charge is -2.14. The normalized spacial score (nSPS) is 10.6. The van der Waals surface area contributed by atoms with E-state index in [1.54, 1.807) is 6.07 Å². The van der Waals surface area contributed by atoms with Crippen molar-refractivity contribution in [3.8, 4) is 22.6 Å². The largest absolute Gasteiger partial charge is 0.493 e. The Labute approximate surface area is 201 Å². The fourth-order valence-electron chi connectivity index (χ4n) is 3.92. The van der Waals surface area contributed by atoms with Crippen LogP contribution in [0, 0.1) is 13.8 Å². The molecule has 4 heteroatoms. The second-order valence-electron chi connectivity index (χ2n) is 8.27. The van der Waals surface area contributed by atoms with Gasteiger partial charge in [-0.2, -0.15) is 0 Å². The lowest BCUT2D eigenvalue weighted by Crippen LogP contribution is -2.13. The fraction of sp³-hybridized carbons (Fsp3) is 0.167. The zero-order chi connectivity index (χ0) is 23.9. The van der Waals surface area contributed by atoms with Crippen LogP contribution in [0.25, 0.3) is 11.1 Å².